The van der Waals surface area contributed by atoms with Gasteiger partial charge in [0.15, 0.2) is 0 Å². The Balaban J connectivity index is 1.54. The van der Waals surface area contributed by atoms with Crippen LogP contribution in [-0.2, 0) is 28.7 Å². The fourth-order valence-corrected chi connectivity index (χ4v) is 9.74. The lowest BCUT2D eigenvalue weighted by Crippen LogP contribution is -2.59. The first-order chi connectivity index (χ1) is 26.4. The van der Waals surface area contributed by atoms with Crippen LogP contribution in [0.3, 0.4) is 0 Å². The van der Waals surface area contributed by atoms with Gasteiger partial charge in [-0.3, -0.25) is 19.2 Å². The number of benzene rings is 2. The van der Waals surface area contributed by atoms with Crippen molar-refractivity contribution < 1.29 is 33.8 Å². The van der Waals surface area contributed by atoms with Gasteiger partial charge in [0.25, 0.3) is 5.91 Å². The molecule has 2 aromatic rings. The molecule has 0 saturated carbocycles. The summed E-state index contributed by atoms with van der Waals surface area (Å²) in [5.74, 6) is -3.66. The van der Waals surface area contributed by atoms with E-state index in [4.69, 9.17) is 9.47 Å². The lowest BCUT2D eigenvalue weighted by Gasteiger charge is -2.40. The standard InChI is InChI=1S/C43H57BrN4O7/c1-8-12-18-34(50)45-28(7)37(29-16-14-13-15-17-29)54-42(53)35-36-40(51)48(32(26-49)24-27(5)6)39(43(36)25-33(44)38(35)55-43)41(52)47(23-9-2)31-21-19-30(20-22-31)46(10-3)11-4/h8-9,13-17,19-22,27-28,32-33,35-39,49H,1-2,10-12,18,23-26H2,3-7H3,(H,45,50)/t28-,32-,33?,35-,36+,37-,38-,39-,43+/m1/s1. The largest absolute Gasteiger partial charge is 0.455 e. The third-order valence-electron chi connectivity index (χ3n) is 11.2. The zero-order valence-corrected chi connectivity index (χ0v) is 34.3. The van der Waals surface area contributed by atoms with Crippen LogP contribution >= 0.6 is 15.9 Å². The Morgan fingerprint density at radius 3 is 2.29 bits per heavy atom. The molecule has 11 nitrogen and oxygen atoms in total. The van der Waals surface area contributed by atoms with Gasteiger partial charge in [0, 0.05) is 42.3 Å². The van der Waals surface area contributed by atoms with Crippen LogP contribution in [0, 0.1) is 17.8 Å². The van der Waals surface area contributed by atoms with Gasteiger partial charge in [-0.15, -0.1) is 13.2 Å². The fraction of sp³-hybridized carbons (Fsp3) is 0.535. The molecule has 1 unspecified atom stereocenters. The molecule has 5 rings (SSSR count). The summed E-state index contributed by atoms with van der Waals surface area (Å²) in [5, 5.41) is 13.8. The molecule has 3 saturated heterocycles. The van der Waals surface area contributed by atoms with E-state index in [0.717, 1.165) is 18.8 Å². The van der Waals surface area contributed by atoms with E-state index in [1.165, 1.54) is 4.90 Å². The monoisotopic (exact) mass is 820 g/mol. The second kappa shape index (κ2) is 18.3. The van der Waals surface area contributed by atoms with E-state index in [1.54, 1.807) is 24.0 Å². The van der Waals surface area contributed by atoms with E-state index in [9.17, 15) is 19.5 Å². The van der Waals surface area contributed by atoms with E-state index >= 15 is 4.79 Å². The van der Waals surface area contributed by atoms with Crippen molar-refractivity contribution >= 4 is 51.0 Å². The molecule has 2 N–H and O–H groups in total. The summed E-state index contributed by atoms with van der Waals surface area (Å²) in [6.07, 6.45) is 3.16. The summed E-state index contributed by atoms with van der Waals surface area (Å²) in [7, 11) is 0. The first kappa shape index (κ1) is 42.1. The average molecular weight is 822 g/mol. The molecule has 3 aliphatic heterocycles. The van der Waals surface area contributed by atoms with Gasteiger partial charge in [-0.25, -0.2) is 0 Å². The van der Waals surface area contributed by atoms with Crippen molar-refractivity contribution in [2.24, 2.45) is 17.8 Å². The van der Waals surface area contributed by atoms with Crippen molar-refractivity contribution in [2.45, 2.75) is 101 Å². The number of carbonyl (C=O) groups is 4. The summed E-state index contributed by atoms with van der Waals surface area (Å²) in [6, 6.07) is 14.5. The zero-order chi connectivity index (χ0) is 40.0. The molecule has 2 bridgehead atoms. The maximum Gasteiger partial charge on any atom is 0.313 e. The molecular formula is C43H57BrN4O7. The third kappa shape index (κ3) is 8.42. The minimum absolute atomic E-state index is 0.0901. The van der Waals surface area contributed by atoms with E-state index < -0.39 is 59.6 Å². The van der Waals surface area contributed by atoms with Crippen molar-refractivity contribution in [2.75, 3.05) is 36.0 Å². The van der Waals surface area contributed by atoms with E-state index in [1.807, 2.05) is 68.4 Å². The number of aliphatic hydroxyl groups is 1. The fourth-order valence-electron chi connectivity index (χ4n) is 8.80. The molecule has 3 heterocycles. The molecule has 2 aromatic carbocycles. The molecule has 3 aliphatic rings. The maximum atomic E-state index is 15.2. The summed E-state index contributed by atoms with van der Waals surface area (Å²) in [4.78, 5) is 62.5. The average Bonchev–Trinajstić information content (AvgIpc) is 3.77. The molecule has 0 radical (unpaired) electrons. The number of carbonyl (C=O) groups excluding carboxylic acids is 4. The molecule has 298 valence electrons. The van der Waals surface area contributed by atoms with E-state index in [0.29, 0.717) is 30.5 Å². The number of ether oxygens (including phenoxy) is 2. The number of hydrogen-bond donors (Lipinski definition) is 2. The predicted octanol–water partition coefficient (Wildman–Crippen LogP) is 5.96. The number of rotatable bonds is 19. The van der Waals surface area contributed by atoms with Crippen molar-refractivity contribution in [3.63, 3.8) is 0 Å². The Bertz CT molecular complexity index is 1690. The highest BCUT2D eigenvalue weighted by Crippen LogP contribution is 2.61. The number of nitrogens with zero attached hydrogens (tertiary/aromatic N) is 3. The Labute approximate surface area is 334 Å². The van der Waals surface area contributed by atoms with Gasteiger partial charge in [0.1, 0.15) is 17.7 Å². The van der Waals surface area contributed by atoms with Gasteiger partial charge >= 0.3 is 5.97 Å². The van der Waals surface area contributed by atoms with Crippen molar-refractivity contribution in [1.82, 2.24) is 10.2 Å². The molecule has 0 aliphatic carbocycles. The number of aliphatic hydroxyl groups excluding tert-OH is 1. The van der Waals surface area contributed by atoms with Crippen LogP contribution in [0.4, 0.5) is 11.4 Å². The molecule has 12 heteroatoms. The SMILES string of the molecule is C=CCCC(=O)N[C@H](C)[C@@H](OC(=O)[C@H]1[C@@H]2O[C@@]3(CC2Br)[C@@H]1C(=O)N([C@@H](CO)CC(C)C)[C@@H]3C(=O)N(CC=C)c1ccc(N(CC)CC)cc1)c1ccccc1. The summed E-state index contributed by atoms with van der Waals surface area (Å²) < 4.78 is 13.1. The quantitative estimate of drug-likeness (QED) is 0.101. The highest BCUT2D eigenvalue weighted by Gasteiger charge is 2.77. The number of hydrogen-bond acceptors (Lipinski definition) is 8. The second-order valence-electron chi connectivity index (χ2n) is 15.3. The number of allylic oxidation sites excluding steroid dienone is 1. The third-order valence-corrected chi connectivity index (χ3v) is 12.1. The number of likely N-dealkylation sites (tertiary alicyclic amines) is 1. The molecule has 9 atom stereocenters. The number of halogens is 1. The van der Waals surface area contributed by atoms with Crippen LogP contribution in [0.2, 0.25) is 0 Å². The first-order valence-electron chi connectivity index (χ1n) is 19.5. The summed E-state index contributed by atoms with van der Waals surface area (Å²) >= 11 is 3.77. The van der Waals surface area contributed by atoms with Crippen LogP contribution in [0.1, 0.15) is 72.0 Å². The lowest BCUT2D eigenvalue weighted by molar-refractivity contribution is -0.162. The Morgan fingerprint density at radius 2 is 1.71 bits per heavy atom. The second-order valence-corrected chi connectivity index (χ2v) is 16.4. The minimum Gasteiger partial charge on any atom is -0.455 e. The van der Waals surface area contributed by atoms with Crippen LogP contribution < -0.4 is 15.1 Å². The summed E-state index contributed by atoms with van der Waals surface area (Å²) in [6.45, 7) is 19.0. The van der Waals surface area contributed by atoms with Gasteiger partial charge in [-0.1, -0.05) is 72.3 Å². The number of anilines is 2. The Kier molecular flexibility index (Phi) is 14.0. The minimum atomic E-state index is -1.38. The lowest BCUT2D eigenvalue weighted by atomic mass is 9.70. The Morgan fingerprint density at radius 1 is 1.05 bits per heavy atom. The van der Waals surface area contributed by atoms with Crippen LogP contribution in [0.5, 0.6) is 0 Å². The predicted molar refractivity (Wildman–Crippen MR) is 218 cm³/mol. The van der Waals surface area contributed by atoms with E-state index in [2.05, 4.69) is 53.2 Å². The zero-order valence-electron chi connectivity index (χ0n) is 32.7. The van der Waals surface area contributed by atoms with Gasteiger partial charge < -0.3 is 34.6 Å². The van der Waals surface area contributed by atoms with Gasteiger partial charge in [-0.05, 0) is 75.8 Å². The highest BCUT2D eigenvalue weighted by atomic mass is 79.9. The number of amides is 3. The smallest absolute Gasteiger partial charge is 0.313 e. The number of esters is 1. The van der Waals surface area contributed by atoms with Crippen LogP contribution in [0.15, 0.2) is 79.9 Å². The number of alkyl halides is 1. The molecule has 3 amide bonds. The number of fused-ring (bicyclic) bond motifs is 1. The first-order valence-corrected chi connectivity index (χ1v) is 20.5. The van der Waals surface area contributed by atoms with Crippen molar-refractivity contribution in [1.29, 1.82) is 0 Å². The van der Waals surface area contributed by atoms with Crippen LogP contribution in [-0.4, -0.2) is 94.6 Å². The molecule has 1 spiro atoms. The van der Waals surface area contributed by atoms with Gasteiger partial charge in [-0.2, -0.15) is 0 Å². The normalized spacial score (nSPS) is 25.6. The maximum absolute atomic E-state index is 15.2. The molecule has 55 heavy (non-hydrogen) atoms. The summed E-state index contributed by atoms with van der Waals surface area (Å²) in [5.41, 5.74) is 0.951. The van der Waals surface area contributed by atoms with Crippen molar-refractivity contribution in [3.8, 4) is 0 Å². The Hall–Kier alpha value is -4.00. The van der Waals surface area contributed by atoms with E-state index in [-0.39, 0.29) is 42.1 Å². The molecular weight excluding hydrogens is 764 g/mol. The molecule has 3 fully saturated rings. The topological polar surface area (TPSA) is 129 Å². The van der Waals surface area contributed by atoms with Gasteiger partial charge in [0.2, 0.25) is 11.8 Å². The molecule has 0 aromatic heterocycles. The van der Waals surface area contributed by atoms with Crippen molar-refractivity contribution in [3.05, 3.63) is 85.5 Å². The highest BCUT2D eigenvalue weighted by molar-refractivity contribution is 9.09. The van der Waals surface area contributed by atoms with Crippen LogP contribution in [0.25, 0.3) is 0 Å². The van der Waals surface area contributed by atoms with Gasteiger partial charge in [0.05, 0.1) is 36.6 Å². The number of nitrogens with one attached hydrogen (secondary N) is 1.